The first-order valence-corrected chi connectivity index (χ1v) is 4.73. The summed E-state index contributed by atoms with van der Waals surface area (Å²) in [5.74, 6) is 0. The van der Waals surface area contributed by atoms with Crippen molar-refractivity contribution in [2.75, 3.05) is 13.1 Å². The first kappa shape index (κ1) is 9.01. The van der Waals surface area contributed by atoms with Crippen molar-refractivity contribution in [3.05, 3.63) is 0 Å². The van der Waals surface area contributed by atoms with Gasteiger partial charge in [0.1, 0.15) is 0 Å². The van der Waals surface area contributed by atoms with E-state index in [1.165, 1.54) is 25.8 Å². The molecule has 1 rings (SSSR count). The Hall–Kier alpha value is -0.0800. The molecule has 0 aliphatic carbocycles. The average molecular weight is 156 g/mol. The van der Waals surface area contributed by atoms with Gasteiger partial charge in [-0.3, -0.25) is 4.90 Å². The molecule has 2 nitrogen and oxygen atoms in total. The summed E-state index contributed by atoms with van der Waals surface area (Å²) < 4.78 is 0. The number of nitrogens with two attached hydrogens (primary N) is 1. The average Bonchev–Trinajstić information content (AvgIpc) is 2.36. The SMILES string of the molecule is CCCC(C)N1CC[C@H](N)C1. The van der Waals surface area contributed by atoms with Crippen LogP contribution >= 0.6 is 0 Å². The van der Waals surface area contributed by atoms with E-state index in [0.29, 0.717) is 6.04 Å². The molecule has 2 N–H and O–H groups in total. The summed E-state index contributed by atoms with van der Waals surface area (Å²) in [5.41, 5.74) is 5.82. The van der Waals surface area contributed by atoms with Crippen LogP contribution in [0.25, 0.3) is 0 Å². The van der Waals surface area contributed by atoms with E-state index in [2.05, 4.69) is 18.7 Å². The Morgan fingerprint density at radius 2 is 2.36 bits per heavy atom. The van der Waals surface area contributed by atoms with Crippen molar-refractivity contribution in [3.63, 3.8) is 0 Å². The number of hydrogen-bond acceptors (Lipinski definition) is 2. The largest absolute Gasteiger partial charge is 0.326 e. The van der Waals surface area contributed by atoms with Crippen LogP contribution in [0.5, 0.6) is 0 Å². The third-order valence-corrected chi connectivity index (χ3v) is 2.59. The number of hydrogen-bond donors (Lipinski definition) is 1. The highest BCUT2D eigenvalue weighted by molar-refractivity contribution is 4.81. The highest BCUT2D eigenvalue weighted by Gasteiger charge is 2.22. The van der Waals surface area contributed by atoms with Crippen LogP contribution in [0.3, 0.4) is 0 Å². The lowest BCUT2D eigenvalue weighted by Gasteiger charge is -2.23. The number of likely N-dealkylation sites (tertiary alicyclic amines) is 1. The Labute approximate surface area is 69.8 Å². The maximum absolute atomic E-state index is 5.82. The van der Waals surface area contributed by atoms with E-state index in [-0.39, 0.29) is 0 Å². The first-order valence-electron chi connectivity index (χ1n) is 4.73. The van der Waals surface area contributed by atoms with Gasteiger partial charge in [-0.2, -0.15) is 0 Å². The summed E-state index contributed by atoms with van der Waals surface area (Å²) in [6, 6.07) is 1.18. The minimum Gasteiger partial charge on any atom is -0.326 e. The zero-order valence-corrected chi connectivity index (χ0v) is 7.71. The summed E-state index contributed by atoms with van der Waals surface area (Å²) in [6.07, 6.45) is 3.79. The van der Waals surface area contributed by atoms with E-state index in [4.69, 9.17) is 5.73 Å². The van der Waals surface area contributed by atoms with Gasteiger partial charge >= 0.3 is 0 Å². The second kappa shape index (κ2) is 4.07. The van der Waals surface area contributed by atoms with E-state index >= 15 is 0 Å². The van der Waals surface area contributed by atoms with Gasteiger partial charge in [0, 0.05) is 18.6 Å². The Kier molecular flexibility index (Phi) is 3.34. The standard InChI is InChI=1S/C9H20N2/c1-3-4-8(2)11-6-5-9(10)7-11/h8-9H,3-7,10H2,1-2H3/t8?,9-/m0/s1. The first-order chi connectivity index (χ1) is 5.24. The highest BCUT2D eigenvalue weighted by atomic mass is 15.2. The molecule has 1 heterocycles. The second-order valence-electron chi connectivity index (χ2n) is 3.68. The fourth-order valence-electron chi connectivity index (χ4n) is 1.82. The molecular weight excluding hydrogens is 136 g/mol. The third-order valence-electron chi connectivity index (χ3n) is 2.59. The smallest absolute Gasteiger partial charge is 0.0180 e. The molecule has 0 aromatic heterocycles. The molecular formula is C9H20N2. The number of rotatable bonds is 3. The Morgan fingerprint density at radius 3 is 2.82 bits per heavy atom. The molecule has 0 radical (unpaired) electrons. The van der Waals surface area contributed by atoms with Gasteiger partial charge in [-0.05, 0) is 26.3 Å². The predicted octanol–water partition coefficient (Wildman–Crippen LogP) is 1.21. The van der Waals surface area contributed by atoms with Crippen LogP contribution in [-0.4, -0.2) is 30.1 Å². The molecule has 0 saturated carbocycles. The molecule has 0 aromatic carbocycles. The lowest BCUT2D eigenvalue weighted by atomic mass is 10.2. The van der Waals surface area contributed by atoms with Gasteiger partial charge in [0.25, 0.3) is 0 Å². The van der Waals surface area contributed by atoms with Crippen molar-refractivity contribution in [2.24, 2.45) is 5.73 Å². The minimum absolute atomic E-state index is 0.439. The van der Waals surface area contributed by atoms with Gasteiger partial charge in [-0.1, -0.05) is 13.3 Å². The third kappa shape index (κ3) is 2.46. The molecule has 1 unspecified atom stereocenters. The van der Waals surface area contributed by atoms with E-state index in [1.54, 1.807) is 0 Å². The van der Waals surface area contributed by atoms with Crippen molar-refractivity contribution < 1.29 is 0 Å². The lowest BCUT2D eigenvalue weighted by Crippen LogP contribution is -2.33. The summed E-state index contributed by atoms with van der Waals surface area (Å²) in [7, 11) is 0. The van der Waals surface area contributed by atoms with Crippen LogP contribution in [0.15, 0.2) is 0 Å². The predicted molar refractivity (Wildman–Crippen MR) is 48.5 cm³/mol. The van der Waals surface area contributed by atoms with E-state index in [1.807, 2.05) is 0 Å². The maximum atomic E-state index is 5.82. The van der Waals surface area contributed by atoms with E-state index in [9.17, 15) is 0 Å². The van der Waals surface area contributed by atoms with Crippen molar-refractivity contribution in [3.8, 4) is 0 Å². The monoisotopic (exact) mass is 156 g/mol. The lowest BCUT2D eigenvalue weighted by molar-refractivity contribution is 0.243. The molecule has 2 heteroatoms. The van der Waals surface area contributed by atoms with Crippen LogP contribution in [0, 0.1) is 0 Å². The summed E-state index contributed by atoms with van der Waals surface area (Å²) in [5, 5.41) is 0. The quantitative estimate of drug-likeness (QED) is 0.665. The van der Waals surface area contributed by atoms with E-state index in [0.717, 1.165) is 12.6 Å². The van der Waals surface area contributed by atoms with Crippen molar-refractivity contribution >= 4 is 0 Å². The number of nitrogens with zero attached hydrogens (tertiary/aromatic N) is 1. The topological polar surface area (TPSA) is 29.3 Å². The molecule has 1 aliphatic rings. The molecule has 0 bridgehead atoms. The fraction of sp³-hybridized carbons (Fsp3) is 1.00. The molecule has 0 amide bonds. The molecule has 1 saturated heterocycles. The van der Waals surface area contributed by atoms with Gasteiger partial charge in [-0.25, -0.2) is 0 Å². The van der Waals surface area contributed by atoms with Crippen LogP contribution < -0.4 is 5.73 Å². The summed E-state index contributed by atoms with van der Waals surface area (Å²) in [6.45, 7) is 6.87. The van der Waals surface area contributed by atoms with Crippen molar-refractivity contribution in [2.45, 2.75) is 45.2 Å². The second-order valence-corrected chi connectivity index (χ2v) is 3.68. The Balaban J connectivity index is 2.25. The van der Waals surface area contributed by atoms with Gasteiger partial charge in [-0.15, -0.1) is 0 Å². The van der Waals surface area contributed by atoms with Gasteiger partial charge in [0.05, 0.1) is 0 Å². The highest BCUT2D eigenvalue weighted by Crippen LogP contribution is 2.13. The normalized spacial score (nSPS) is 29.2. The molecule has 0 spiro atoms. The Morgan fingerprint density at radius 1 is 1.64 bits per heavy atom. The molecule has 1 fully saturated rings. The molecule has 0 aromatic rings. The van der Waals surface area contributed by atoms with Crippen molar-refractivity contribution in [1.29, 1.82) is 0 Å². The molecule has 11 heavy (non-hydrogen) atoms. The summed E-state index contributed by atoms with van der Waals surface area (Å²) in [4.78, 5) is 2.51. The summed E-state index contributed by atoms with van der Waals surface area (Å²) >= 11 is 0. The van der Waals surface area contributed by atoms with E-state index < -0.39 is 0 Å². The van der Waals surface area contributed by atoms with Crippen LogP contribution in [0.4, 0.5) is 0 Å². The van der Waals surface area contributed by atoms with Gasteiger partial charge in [0.2, 0.25) is 0 Å². The van der Waals surface area contributed by atoms with Crippen LogP contribution in [0.2, 0.25) is 0 Å². The molecule has 66 valence electrons. The Bertz CT molecular complexity index is 114. The maximum Gasteiger partial charge on any atom is 0.0180 e. The molecule has 2 atom stereocenters. The van der Waals surface area contributed by atoms with Crippen LogP contribution in [-0.2, 0) is 0 Å². The zero-order valence-electron chi connectivity index (χ0n) is 7.71. The fourth-order valence-corrected chi connectivity index (χ4v) is 1.82. The molecule has 1 aliphatic heterocycles. The van der Waals surface area contributed by atoms with Gasteiger partial charge < -0.3 is 5.73 Å². The zero-order chi connectivity index (χ0) is 8.27. The van der Waals surface area contributed by atoms with Gasteiger partial charge in [0.15, 0.2) is 0 Å². The van der Waals surface area contributed by atoms with Crippen LogP contribution in [0.1, 0.15) is 33.1 Å². The minimum atomic E-state index is 0.439. The van der Waals surface area contributed by atoms with Crippen molar-refractivity contribution in [1.82, 2.24) is 4.90 Å².